The Balaban J connectivity index is 1.59. The normalized spacial score (nSPS) is 13.0. The summed E-state index contributed by atoms with van der Waals surface area (Å²) in [5, 5.41) is 4.47. The lowest BCUT2D eigenvalue weighted by molar-refractivity contribution is 0.0505. The minimum atomic E-state index is -0.350. The van der Waals surface area contributed by atoms with Gasteiger partial charge in [0.15, 0.2) is 0 Å². The van der Waals surface area contributed by atoms with E-state index in [4.69, 9.17) is 14.5 Å². The highest BCUT2D eigenvalue weighted by Gasteiger charge is 2.28. The monoisotopic (exact) mass is 528 g/mol. The van der Waals surface area contributed by atoms with Crippen molar-refractivity contribution < 1.29 is 19.1 Å². The Morgan fingerprint density at radius 3 is 2.53 bits per heavy atom. The van der Waals surface area contributed by atoms with Gasteiger partial charge in [0, 0.05) is 15.8 Å². The van der Waals surface area contributed by atoms with E-state index in [0.717, 1.165) is 77.6 Å². The molecule has 5 rings (SSSR count). The number of nitrogens with one attached hydrogen (secondary N) is 1. The molecule has 0 atom stereocenters. The lowest BCUT2D eigenvalue weighted by Gasteiger charge is -2.15. The van der Waals surface area contributed by atoms with Crippen LogP contribution in [0.2, 0.25) is 0 Å². The van der Waals surface area contributed by atoms with E-state index in [1.54, 1.807) is 7.11 Å². The number of anilines is 1. The minimum Gasteiger partial charge on any atom is -0.497 e. The smallest absolute Gasteiger partial charge is 0.341 e. The Morgan fingerprint density at radius 2 is 1.76 bits per heavy atom. The standard InChI is InChI=1S/C31H32N2O4S/c1-4-18-37-31(35)27-23-11-6-5-7-13-25(23)38-30(27)33-29(34)26-19(2)28(20-14-16-21(36-3)17-15-20)32-24-12-9-8-10-22(24)26/h8-10,12,14-17H,4-7,11,13,18H2,1-3H3,(H,33,34). The van der Waals surface area contributed by atoms with Gasteiger partial charge in [0.05, 0.1) is 36.1 Å². The van der Waals surface area contributed by atoms with Gasteiger partial charge in [-0.15, -0.1) is 11.3 Å². The van der Waals surface area contributed by atoms with Gasteiger partial charge >= 0.3 is 5.97 Å². The van der Waals surface area contributed by atoms with Crippen LogP contribution in [0.3, 0.4) is 0 Å². The molecule has 2 aromatic heterocycles. The molecule has 0 saturated heterocycles. The molecule has 2 aromatic carbocycles. The highest BCUT2D eigenvalue weighted by Crippen LogP contribution is 2.39. The van der Waals surface area contributed by atoms with Crippen LogP contribution in [0.1, 0.15) is 69.3 Å². The van der Waals surface area contributed by atoms with Gasteiger partial charge < -0.3 is 14.8 Å². The number of ether oxygens (including phenoxy) is 2. The maximum Gasteiger partial charge on any atom is 0.341 e. The first kappa shape index (κ1) is 25.9. The summed E-state index contributed by atoms with van der Waals surface area (Å²) < 4.78 is 10.9. The number of para-hydroxylation sites is 1. The van der Waals surface area contributed by atoms with Crippen molar-refractivity contribution in [1.82, 2.24) is 4.98 Å². The Bertz CT molecular complexity index is 1490. The Labute approximate surface area is 227 Å². The van der Waals surface area contributed by atoms with Crippen LogP contribution in [0.15, 0.2) is 48.5 Å². The number of hydrogen-bond acceptors (Lipinski definition) is 6. The maximum atomic E-state index is 14.0. The Morgan fingerprint density at radius 1 is 1.00 bits per heavy atom. The molecule has 1 aliphatic rings. The zero-order valence-electron chi connectivity index (χ0n) is 22.1. The van der Waals surface area contributed by atoms with Crippen LogP contribution in [-0.2, 0) is 17.6 Å². The van der Waals surface area contributed by atoms with Crippen LogP contribution < -0.4 is 10.1 Å². The summed E-state index contributed by atoms with van der Waals surface area (Å²) in [6.45, 7) is 4.26. The average molecular weight is 529 g/mol. The topological polar surface area (TPSA) is 77.5 Å². The largest absolute Gasteiger partial charge is 0.497 e. The molecule has 196 valence electrons. The highest BCUT2D eigenvalue weighted by molar-refractivity contribution is 7.17. The molecule has 0 spiro atoms. The first-order chi connectivity index (χ1) is 18.5. The number of carbonyl (C=O) groups is 2. The van der Waals surface area contributed by atoms with Crippen molar-refractivity contribution in [1.29, 1.82) is 0 Å². The Hall–Kier alpha value is -3.71. The lowest BCUT2D eigenvalue weighted by Crippen LogP contribution is -2.17. The van der Waals surface area contributed by atoms with Crippen molar-refractivity contribution in [2.75, 3.05) is 19.0 Å². The SMILES string of the molecule is CCCOC(=O)c1c(NC(=O)c2c(C)c(-c3ccc(OC)cc3)nc3ccccc23)sc2c1CCCCC2. The highest BCUT2D eigenvalue weighted by atomic mass is 32.1. The van der Waals surface area contributed by atoms with E-state index in [2.05, 4.69) is 5.32 Å². The summed E-state index contributed by atoms with van der Waals surface area (Å²) in [5.74, 6) is 0.152. The summed E-state index contributed by atoms with van der Waals surface area (Å²) >= 11 is 1.51. The number of amides is 1. The maximum absolute atomic E-state index is 14.0. The van der Waals surface area contributed by atoms with Gasteiger partial charge in [0.1, 0.15) is 10.8 Å². The van der Waals surface area contributed by atoms with Crippen LogP contribution >= 0.6 is 11.3 Å². The van der Waals surface area contributed by atoms with Crippen LogP contribution in [0.5, 0.6) is 5.75 Å². The fourth-order valence-corrected chi connectivity index (χ4v) is 6.38. The van der Waals surface area contributed by atoms with Gasteiger partial charge in [-0.25, -0.2) is 9.78 Å². The number of carbonyl (C=O) groups excluding carboxylic acids is 2. The van der Waals surface area contributed by atoms with E-state index in [1.165, 1.54) is 16.2 Å². The van der Waals surface area contributed by atoms with Crippen molar-refractivity contribution in [3.8, 4) is 17.0 Å². The van der Waals surface area contributed by atoms with Crippen LogP contribution in [-0.4, -0.2) is 30.6 Å². The molecule has 7 heteroatoms. The fourth-order valence-electron chi connectivity index (χ4n) is 5.11. The average Bonchev–Trinajstić information content (AvgIpc) is 3.11. The van der Waals surface area contributed by atoms with Crippen molar-refractivity contribution in [3.63, 3.8) is 0 Å². The molecule has 0 unspecified atom stereocenters. The molecule has 0 saturated carbocycles. The molecule has 0 fully saturated rings. The molecule has 0 aliphatic heterocycles. The minimum absolute atomic E-state index is 0.253. The summed E-state index contributed by atoms with van der Waals surface area (Å²) in [4.78, 5) is 33.2. The predicted molar refractivity (Wildman–Crippen MR) is 153 cm³/mol. The van der Waals surface area contributed by atoms with Crippen molar-refractivity contribution in [2.45, 2.75) is 52.4 Å². The third-order valence-electron chi connectivity index (χ3n) is 7.02. The number of aromatic nitrogens is 1. The number of rotatable bonds is 7. The van der Waals surface area contributed by atoms with E-state index in [-0.39, 0.29) is 11.9 Å². The number of fused-ring (bicyclic) bond motifs is 2. The van der Waals surface area contributed by atoms with Crippen molar-refractivity contribution >= 4 is 39.1 Å². The van der Waals surface area contributed by atoms with Crippen molar-refractivity contribution in [3.05, 3.63) is 75.7 Å². The molecule has 38 heavy (non-hydrogen) atoms. The van der Waals surface area contributed by atoms with Gasteiger partial charge in [-0.05, 0) is 80.5 Å². The number of aryl methyl sites for hydroxylation is 1. The molecule has 1 amide bonds. The first-order valence-corrected chi connectivity index (χ1v) is 14.0. The van der Waals surface area contributed by atoms with Crippen LogP contribution in [0, 0.1) is 6.92 Å². The van der Waals surface area contributed by atoms with Gasteiger partial charge in [-0.2, -0.15) is 0 Å². The molecule has 1 N–H and O–H groups in total. The third-order valence-corrected chi connectivity index (χ3v) is 8.22. The van der Waals surface area contributed by atoms with E-state index in [0.29, 0.717) is 22.7 Å². The second-order valence-corrected chi connectivity index (χ2v) is 10.7. The first-order valence-electron chi connectivity index (χ1n) is 13.2. The van der Waals surface area contributed by atoms with Gasteiger partial charge in [-0.1, -0.05) is 31.5 Å². The molecule has 0 radical (unpaired) electrons. The molecule has 0 bridgehead atoms. The van der Waals surface area contributed by atoms with Gasteiger partial charge in [0.2, 0.25) is 0 Å². The van der Waals surface area contributed by atoms with E-state index < -0.39 is 0 Å². The van der Waals surface area contributed by atoms with Crippen LogP contribution in [0.4, 0.5) is 5.00 Å². The summed E-state index contributed by atoms with van der Waals surface area (Å²) in [5.41, 5.74) is 5.27. The second-order valence-electron chi connectivity index (χ2n) is 9.56. The number of methoxy groups -OCH3 is 1. The predicted octanol–water partition coefficient (Wildman–Crippen LogP) is 7.37. The molecule has 6 nitrogen and oxygen atoms in total. The van der Waals surface area contributed by atoms with Crippen LogP contribution in [0.25, 0.3) is 22.2 Å². The number of pyridine rings is 1. The summed E-state index contributed by atoms with van der Waals surface area (Å²) in [6.07, 6.45) is 5.76. The third kappa shape index (κ3) is 5.03. The number of benzene rings is 2. The van der Waals surface area contributed by atoms with Crippen molar-refractivity contribution in [2.24, 2.45) is 0 Å². The van der Waals surface area contributed by atoms with E-state index in [1.807, 2.05) is 62.4 Å². The quantitative estimate of drug-likeness (QED) is 0.200. The molecular weight excluding hydrogens is 496 g/mol. The van der Waals surface area contributed by atoms with Gasteiger partial charge in [-0.3, -0.25) is 4.79 Å². The number of esters is 1. The lowest BCUT2D eigenvalue weighted by atomic mass is 9.97. The molecule has 1 aliphatic carbocycles. The van der Waals surface area contributed by atoms with E-state index in [9.17, 15) is 9.59 Å². The second kappa shape index (κ2) is 11.4. The van der Waals surface area contributed by atoms with Gasteiger partial charge in [0.25, 0.3) is 5.91 Å². The summed E-state index contributed by atoms with van der Waals surface area (Å²) in [7, 11) is 1.63. The molecule has 2 heterocycles. The zero-order valence-corrected chi connectivity index (χ0v) is 22.9. The summed E-state index contributed by atoms with van der Waals surface area (Å²) in [6, 6.07) is 15.3. The fraction of sp³-hybridized carbons (Fsp3) is 0.323. The molecular formula is C31H32N2O4S. The number of nitrogens with zero attached hydrogens (tertiary/aromatic N) is 1. The van der Waals surface area contributed by atoms with E-state index >= 15 is 0 Å². The Kier molecular flexibility index (Phi) is 7.74. The number of thiophene rings is 1. The zero-order chi connectivity index (χ0) is 26.6. The molecule has 4 aromatic rings. The number of hydrogen-bond donors (Lipinski definition) is 1.